The standard InChI is InChI=1S/C16H22N4/c1-19-13-17-11-16(19)12-18-14-7-9-20(10-8-14)15-5-3-2-4-6-15/h2-6,11,13-14,18H,7-10,12H2,1H3. The third kappa shape index (κ3) is 3.02. The lowest BCUT2D eigenvalue weighted by Crippen LogP contribution is -2.42. The van der Waals surface area contributed by atoms with Crippen LogP contribution in [0.15, 0.2) is 42.9 Å². The van der Waals surface area contributed by atoms with Crippen molar-refractivity contribution in [1.82, 2.24) is 14.9 Å². The van der Waals surface area contributed by atoms with Crippen LogP contribution >= 0.6 is 0 Å². The topological polar surface area (TPSA) is 33.1 Å². The average molecular weight is 270 g/mol. The van der Waals surface area contributed by atoms with Crippen molar-refractivity contribution in [1.29, 1.82) is 0 Å². The maximum atomic E-state index is 4.15. The first-order valence-electron chi connectivity index (χ1n) is 7.31. The van der Waals surface area contributed by atoms with Crippen LogP contribution < -0.4 is 10.2 Å². The number of piperidine rings is 1. The van der Waals surface area contributed by atoms with Gasteiger partial charge in [-0.15, -0.1) is 0 Å². The van der Waals surface area contributed by atoms with Crippen molar-refractivity contribution in [3.63, 3.8) is 0 Å². The number of nitrogens with one attached hydrogen (secondary N) is 1. The van der Waals surface area contributed by atoms with Crippen molar-refractivity contribution in [3.05, 3.63) is 48.5 Å². The predicted octanol–water partition coefficient (Wildman–Crippen LogP) is 2.18. The van der Waals surface area contributed by atoms with Crippen LogP contribution in [0.25, 0.3) is 0 Å². The first kappa shape index (κ1) is 13.2. The molecule has 1 fully saturated rings. The van der Waals surface area contributed by atoms with Crippen molar-refractivity contribution in [2.45, 2.75) is 25.4 Å². The second-order valence-electron chi connectivity index (χ2n) is 5.47. The Morgan fingerprint density at radius 1 is 1.20 bits per heavy atom. The maximum absolute atomic E-state index is 4.15. The number of para-hydroxylation sites is 1. The first-order valence-corrected chi connectivity index (χ1v) is 7.31. The quantitative estimate of drug-likeness (QED) is 0.924. The van der Waals surface area contributed by atoms with Gasteiger partial charge in [0.1, 0.15) is 0 Å². The van der Waals surface area contributed by atoms with E-state index in [2.05, 4.69) is 50.1 Å². The molecule has 1 aliphatic rings. The summed E-state index contributed by atoms with van der Waals surface area (Å²) in [5.41, 5.74) is 2.59. The van der Waals surface area contributed by atoms with Gasteiger partial charge in [-0.25, -0.2) is 4.98 Å². The van der Waals surface area contributed by atoms with Gasteiger partial charge in [-0.1, -0.05) is 18.2 Å². The molecule has 1 saturated heterocycles. The molecule has 0 amide bonds. The molecule has 2 aromatic rings. The maximum Gasteiger partial charge on any atom is 0.0945 e. The van der Waals surface area contributed by atoms with Gasteiger partial charge < -0.3 is 14.8 Å². The molecule has 0 radical (unpaired) electrons. The van der Waals surface area contributed by atoms with Crippen LogP contribution in [-0.4, -0.2) is 28.7 Å². The molecule has 2 heterocycles. The monoisotopic (exact) mass is 270 g/mol. The Labute approximate surface area is 120 Å². The zero-order valence-electron chi connectivity index (χ0n) is 12.0. The Morgan fingerprint density at radius 2 is 1.95 bits per heavy atom. The van der Waals surface area contributed by atoms with Gasteiger partial charge in [0, 0.05) is 44.6 Å². The third-order valence-electron chi connectivity index (χ3n) is 4.10. The van der Waals surface area contributed by atoms with Crippen molar-refractivity contribution in [3.8, 4) is 0 Å². The normalized spacial score (nSPS) is 16.6. The van der Waals surface area contributed by atoms with Crippen LogP contribution in [0, 0.1) is 0 Å². The van der Waals surface area contributed by atoms with E-state index in [9.17, 15) is 0 Å². The zero-order chi connectivity index (χ0) is 13.8. The van der Waals surface area contributed by atoms with E-state index < -0.39 is 0 Å². The Kier molecular flexibility index (Phi) is 4.02. The summed E-state index contributed by atoms with van der Waals surface area (Å²) in [7, 11) is 2.04. The molecule has 1 aromatic carbocycles. The summed E-state index contributed by atoms with van der Waals surface area (Å²) in [6.07, 6.45) is 6.20. The smallest absolute Gasteiger partial charge is 0.0945 e. The second kappa shape index (κ2) is 6.09. The fourth-order valence-corrected chi connectivity index (χ4v) is 2.78. The second-order valence-corrected chi connectivity index (χ2v) is 5.47. The molecular formula is C16H22N4. The molecule has 106 valence electrons. The summed E-state index contributed by atoms with van der Waals surface area (Å²) >= 11 is 0. The first-order chi connectivity index (χ1) is 9.83. The lowest BCUT2D eigenvalue weighted by atomic mass is 10.0. The van der Waals surface area contributed by atoms with Crippen molar-refractivity contribution < 1.29 is 0 Å². The van der Waals surface area contributed by atoms with Crippen LogP contribution in [0.5, 0.6) is 0 Å². The molecule has 0 bridgehead atoms. The largest absolute Gasteiger partial charge is 0.371 e. The molecule has 3 rings (SSSR count). The predicted molar refractivity (Wildman–Crippen MR) is 81.7 cm³/mol. The highest BCUT2D eigenvalue weighted by Gasteiger charge is 2.18. The number of aryl methyl sites for hydroxylation is 1. The van der Waals surface area contributed by atoms with Crippen LogP contribution in [0.2, 0.25) is 0 Å². The van der Waals surface area contributed by atoms with Gasteiger partial charge in [0.25, 0.3) is 0 Å². The van der Waals surface area contributed by atoms with Gasteiger partial charge in [0.2, 0.25) is 0 Å². The van der Waals surface area contributed by atoms with E-state index in [1.54, 1.807) is 0 Å². The minimum atomic E-state index is 0.616. The van der Waals surface area contributed by atoms with Crippen molar-refractivity contribution in [2.24, 2.45) is 7.05 Å². The molecule has 1 aliphatic heterocycles. The molecule has 0 saturated carbocycles. The van der Waals surface area contributed by atoms with Gasteiger partial charge in [0.05, 0.1) is 12.0 Å². The summed E-state index contributed by atoms with van der Waals surface area (Å²) in [5.74, 6) is 0. The number of nitrogens with zero attached hydrogens (tertiary/aromatic N) is 3. The Balaban J connectivity index is 1.48. The van der Waals surface area contributed by atoms with E-state index in [4.69, 9.17) is 0 Å². The number of aromatic nitrogens is 2. The van der Waals surface area contributed by atoms with E-state index in [0.29, 0.717) is 6.04 Å². The highest BCUT2D eigenvalue weighted by molar-refractivity contribution is 5.46. The Morgan fingerprint density at radius 3 is 2.60 bits per heavy atom. The van der Waals surface area contributed by atoms with E-state index in [1.807, 2.05) is 19.6 Å². The van der Waals surface area contributed by atoms with E-state index in [-0.39, 0.29) is 0 Å². The highest BCUT2D eigenvalue weighted by atomic mass is 15.1. The van der Waals surface area contributed by atoms with E-state index >= 15 is 0 Å². The summed E-state index contributed by atoms with van der Waals surface area (Å²) in [5, 5.41) is 3.65. The number of hydrogen-bond donors (Lipinski definition) is 1. The molecule has 20 heavy (non-hydrogen) atoms. The Hall–Kier alpha value is -1.81. The molecule has 4 heteroatoms. The highest BCUT2D eigenvalue weighted by Crippen LogP contribution is 2.19. The fraction of sp³-hybridized carbons (Fsp3) is 0.438. The summed E-state index contributed by atoms with van der Waals surface area (Å²) < 4.78 is 2.08. The number of imidazole rings is 1. The molecule has 0 spiro atoms. The number of benzene rings is 1. The lowest BCUT2D eigenvalue weighted by Gasteiger charge is -2.34. The van der Waals surface area contributed by atoms with Crippen LogP contribution in [0.4, 0.5) is 5.69 Å². The fourth-order valence-electron chi connectivity index (χ4n) is 2.78. The summed E-state index contributed by atoms with van der Waals surface area (Å²) in [6.45, 7) is 3.17. The Bertz CT molecular complexity index is 526. The van der Waals surface area contributed by atoms with Gasteiger partial charge in [-0.2, -0.15) is 0 Å². The lowest BCUT2D eigenvalue weighted by molar-refractivity contribution is 0.410. The van der Waals surface area contributed by atoms with Gasteiger partial charge >= 0.3 is 0 Å². The van der Waals surface area contributed by atoms with Gasteiger partial charge in [0.15, 0.2) is 0 Å². The van der Waals surface area contributed by atoms with E-state index in [0.717, 1.165) is 19.6 Å². The average Bonchev–Trinajstić information content (AvgIpc) is 2.92. The summed E-state index contributed by atoms with van der Waals surface area (Å²) in [4.78, 5) is 6.63. The van der Waals surface area contributed by atoms with E-state index in [1.165, 1.54) is 24.2 Å². The zero-order valence-corrected chi connectivity index (χ0v) is 12.0. The molecule has 4 nitrogen and oxygen atoms in total. The molecule has 1 N–H and O–H groups in total. The minimum Gasteiger partial charge on any atom is -0.371 e. The SMILES string of the molecule is Cn1cncc1CNC1CCN(c2ccccc2)CC1. The third-order valence-corrected chi connectivity index (χ3v) is 4.10. The van der Waals surface area contributed by atoms with Crippen LogP contribution in [-0.2, 0) is 13.6 Å². The molecule has 0 aliphatic carbocycles. The van der Waals surface area contributed by atoms with Crippen LogP contribution in [0.3, 0.4) is 0 Å². The molecule has 1 aromatic heterocycles. The summed E-state index contributed by atoms with van der Waals surface area (Å²) in [6, 6.07) is 11.3. The molecule has 0 atom stereocenters. The number of anilines is 1. The molecular weight excluding hydrogens is 248 g/mol. The van der Waals surface area contributed by atoms with Crippen molar-refractivity contribution in [2.75, 3.05) is 18.0 Å². The number of rotatable bonds is 4. The van der Waals surface area contributed by atoms with Crippen LogP contribution in [0.1, 0.15) is 18.5 Å². The molecule has 0 unspecified atom stereocenters. The number of hydrogen-bond acceptors (Lipinski definition) is 3. The minimum absolute atomic E-state index is 0.616. The van der Waals surface area contributed by atoms with Crippen molar-refractivity contribution >= 4 is 5.69 Å². The van der Waals surface area contributed by atoms with Gasteiger partial charge in [-0.05, 0) is 25.0 Å². The van der Waals surface area contributed by atoms with Gasteiger partial charge in [-0.3, -0.25) is 0 Å².